The average molecular weight is 470 g/mol. The van der Waals surface area contributed by atoms with Crippen LogP contribution in [0.4, 0.5) is 0 Å². The first-order valence-electron chi connectivity index (χ1n) is 11.5. The van der Waals surface area contributed by atoms with Crippen molar-refractivity contribution >= 4 is 11.9 Å². The van der Waals surface area contributed by atoms with Gasteiger partial charge in [-0.25, -0.2) is 13.9 Å². The molecule has 0 bridgehead atoms. The van der Waals surface area contributed by atoms with Crippen LogP contribution in [0.2, 0.25) is 0 Å². The smallest absolute Gasteiger partial charge is 0.335 e. The van der Waals surface area contributed by atoms with E-state index in [9.17, 15) is 14.7 Å². The number of hydrogen-bond donors (Lipinski definition) is 2. The second-order valence-corrected chi connectivity index (χ2v) is 8.07. The first-order chi connectivity index (χ1) is 17.0. The number of carbonyl (C=O) groups is 2. The highest BCUT2D eigenvalue weighted by atomic mass is 16.4. The topological polar surface area (TPSA) is 99.9 Å². The quantitative estimate of drug-likeness (QED) is 0.367. The average Bonchev–Trinajstić information content (AvgIpc) is 2.90. The second kappa shape index (κ2) is 11.1. The first kappa shape index (κ1) is 23.7. The van der Waals surface area contributed by atoms with Crippen LogP contribution in [0.3, 0.4) is 0 Å². The zero-order chi connectivity index (χ0) is 24.6. The van der Waals surface area contributed by atoms with Gasteiger partial charge in [0.2, 0.25) is 0 Å². The van der Waals surface area contributed by atoms with Gasteiger partial charge in [0.15, 0.2) is 31.3 Å². The predicted molar refractivity (Wildman–Crippen MR) is 129 cm³/mol. The van der Waals surface area contributed by atoms with Gasteiger partial charge in [0.1, 0.15) is 6.54 Å². The van der Waals surface area contributed by atoms with Crippen molar-refractivity contribution in [3.63, 3.8) is 0 Å². The highest BCUT2D eigenvalue weighted by Crippen LogP contribution is 2.17. The molecule has 0 aliphatic carbocycles. The Morgan fingerprint density at radius 2 is 1.31 bits per heavy atom. The Labute approximate surface area is 203 Å². The molecule has 0 radical (unpaired) electrons. The second-order valence-electron chi connectivity index (χ2n) is 8.07. The molecule has 176 valence electrons. The van der Waals surface area contributed by atoms with Gasteiger partial charge in [0.25, 0.3) is 5.91 Å². The van der Waals surface area contributed by atoms with Crippen LogP contribution in [-0.2, 0) is 13.1 Å². The van der Waals surface area contributed by atoms with Crippen molar-refractivity contribution in [2.24, 2.45) is 0 Å². The molecular weight excluding hydrogens is 442 g/mol. The molecule has 8 nitrogen and oxygen atoms in total. The Bertz CT molecular complexity index is 1320. The van der Waals surface area contributed by atoms with Crippen LogP contribution in [0.1, 0.15) is 34.1 Å². The highest BCUT2D eigenvalue weighted by Gasteiger charge is 2.12. The van der Waals surface area contributed by atoms with Crippen molar-refractivity contribution in [3.8, 4) is 22.5 Å². The number of pyridine rings is 4. The summed E-state index contributed by atoms with van der Waals surface area (Å²) in [7, 11) is 0. The maximum absolute atomic E-state index is 12.6. The molecule has 0 spiro atoms. The van der Waals surface area contributed by atoms with Crippen LogP contribution in [0.25, 0.3) is 22.5 Å². The van der Waals surface area contributed by atoms with E-state index in [-0.39, 0.29) is 11.5 Å². The van der Waals surface area contributed by atoms with Gasteiger partial charge in [-0.1, -0.05) is 6.92 Å². The van der Waals surface area contributed by atoms with Crippen molar-refractivity contribution in [2.45, 2.75) is 26.4 Å². The molecule has 1 amide bonds. The number of aromatic carboxylic acids is 1. The first-order valence-corrected chi connectivity index (χ1v) is 11.5. The molecule has 0 saturated carbocycles. The van der Waals surface area contributed by atoms with E-state index in [4.69, 9.17) is 0 Å². The number of nitrogens with one attached hydrogen (secondary N) is 1. The molecule has 0 aliphatic rings. The molecule has 0 atom stereocenters. The number of amides is 1. The number of aromatic nitrogens is 4. The lowest BCUT2D eigenvalue weighted by Crippen LogP contribution is -2.40. The third kappa shape index (κ3) is 6.11. The standard InChI is InChI=1S/C27H25N5O3/c1-2-12-31-13-5-20(6-14-31)21-7-15-32(16-8-21)17-11-30-26(33)22-3-9-28-24(18-22)25-19-23(27(34)35)4-10-29-25/h3-10,13-16,18-19H,2,11-12,17H2,1H3/p+2. The van der Waals surface area contributed by atoms with Gasteiger partial charge >= 0.3 is 5.97 Å². The van der Waals surface area contributed by atoms with E-state index in [1.165, 1.54) is 24.5 Å². The lowest BCUT2D eigenvalue weighted by molar-refractivity contribution is -0.696. The summed E-state index contributed by atoms with van der Waals surface area (Å²) < 4.78 is 4.19. The fourth-order valence-corrected chi connectivity index (χ4v) is 3.67. The lowest BCUT2D eigenvalue weighted by Gasteiger charge is -2.06. The molecule has 0 aliphatic heterocycles. The molecule has 2 N–H and O–H groups in total. The summed E-state index contributed by atoms with van der Waals surface area (Å²) in [5, 5.41) is 12.1. The summed E-state index contributed by atoms with van der Waals surface area (Å²) in [6.07, 6.45) is 12.2. The predicted octanol–water partition coefficient (Wildman–Crippen LogP) is 2.92. The number of aryl methyl sites for hydroxylation is 1. The van der Waals surface area contributed by atoms with E-state index in [1.54, 1.807) is 12.1 Å². The van der Waals surface area contributed by atoms with Gasteiger partial charge < -0.3 is 10.4 Å². The van der Waals surface area contributed by atoms with E-state index < -0.39 is 5.97 Å². The van der Waals surface area contributed by atoms with E-state index in [1.807, 2.05) is 17.0 Å². The number of carboxylic acids is 1. The fraction of sp³-hybridized carbons (Fsp3) is 0.185. The number of hydrogen-bond acceptors (Lipinski definition) is 4. The molecule has 4 aromatic rings. The third-order valence-electron chi connectivity index (χ3n) is 5.54. The summed E-state index contributed by atoms with van der Waals surface area (Å²) in [4.78, 5) is 32.2. The zero-order valence-electron chi connectivity index (χ0n) is 19.5. The maximum atomic E-state index is 12.6. The molecule has 0 saturated heterocycles. The molecule has 4 rings (SSSR count). The summed E-state index contributed by atoms with van der Waals surface area (Å²) in [5.74, 6) is -1.28. The fourth-order valence-electron chi connectivity index (χ4n) is 3.67. The minimum absolute atomic E-state index is 0.113. The molecule has 0 unspecified atom stereocenters. The molecule has 35 heavy (non-hydrogen) atoms. The third-order valence-corrected chi connectivity index (χ3v) is 5.54. The normalized spacial score (nSPS) is 10.7. The van der Waals surface area contributed by atoms with Crippen LogP contribution in [0.5, 0.6) is 0 Å². The molecular formula is C27H27N5O3+2. The summed E-state index contributed by atoms with van der Waals surface area (Å²) in [5.41, 5.74) is 3.68. The van der Waals surface area contributed by atoms with Gasteiger partial charge in [-0.15, -0.1) is 0 Å². The van der Waals surface area contributed by atoms with Gasteiger partial charge in [0.05, 0.1) is 23.5 Å². The Morgan fingerprint density at radius 1 is 0.800 bits per heavy atom. The van der Waals surface area contributed by atoms with E-state index in [2.05, 4.69) is 63.4 Å². The monoisotopic (exact) mass is 469 g/mol. The van der Waals surface area contributed by atoms with Gasteiger partial charge in [-0.05, 0) is 35.4 Å². The van der Waals surface area contributed by atoms with Crippen LogP contribution in [0, 0.1) is 0 Å². The molecule has 4 aromatic heterocycles. The van der Waals surface area contributed by atoms with E-state index >= 15 is 0 Å². The molecule has 4 heterocycles. The minimum Gasteiger partial charge on any atom is -0.478 e. The number of rotatable bonds is 9. The van der Waals surface area contributed by atoms with Crippen LogP contribution >= 0.6 is 0 Å². The summed E-state index contributed by atoms with van der Waals surface area (Å²) >= 11 is 0. The van der Waals surface area contributed by atoms with Crippen LogP contribution in [-0.4, -0.2) is 33.5 Å². The minimum atomic E-state index is -1.04. The van der Waals surface area contributed by atoms with Crippen LogP contribution in [0.15, 0.2) is 85.7 Å². The SMILES string of the molecule is CCC[n+]1ccc(-c2cc[n+](CCNC(=O)c3ccnc(-c4cc(C(=O)O)ccn4)c3)cc2)cc1. The van der Waals surface area contributed by atoms with Gasteiger partial charge in [0, 0.05) is 48.6 Å². The molecule has 0 fully saturated rings. The summed E-state index contributed by atoms with van der Waals surface area (Å²) in [6, 6.07) is 14.4. The Balaban J connectivity index is 1.34. The number of carboxylic acid groups (broad SMARTS) is 1. The van der Waals surface area contributed by atoms with Crippen molar-refractivity contribution in [1.29, 1.82) is 0 Å². The largest absolute Gasteiger partial charge is 0.478 e. The van der Waals surface area contributed by atoms with E-state index in [0.717, 1.165) is 24.1 Å². The molecule has 0 aromatic carbocycles. The van der Waals surface area contributed by atoms with E-state index in [0.29, 0.717) is 30.0 Å². The van der Waals surface area contributed by atoms with Gasteiger partial charge in [-0.3, -0.25) is 14.8 Å². The van der Waals surface area contributed by atoms with Crippen molar-refractivity contribution in [3.05, 3.63) is 96.8 Å². The Kier molecular flexibility index (Phi) is 7.52. The number of nitrogens with zero attached hydrogens (tertiary/aromatic N) is 4. The number of carbonyl (C=O) groups excluding carboxylic acids is 1. The highest BCUT2D eigenvalue weighted by molar-refractivity contribution is 5.95. The van der Waals surface area contributed by atoms with Gasteiger partial charge in [-0.2, -0.15) is 0 Å². The maximum Gasteiger partial charge on any atom is 0.335 e. The lowest BCUT2D eigenvalue weighted by atomic mass is 10.1. The molecule has 8 heteroatoms. The van der Waals surface area contributed by atoms with Crippen molar-refractivity contribution in [2.75, 3.05) is 6.54 Å². The van der Waals surface area contributed by atoms with Crippen molar-refractivity contribution < 1.29 is 23.8 Å². The Morgan fingerprint density at radius 3 is 1.86 bits per heavy atom. The Hall–Kier alpha value is -4.46. The zero-order valence-corrected chi connectivity index (χ0v) is 19.5. The summed E-state index contributed by atoms with van der Waals surface area (Å²) in [6.45, 7) is 4.25. The van der Waals surface area contributed by atoms with Crippen molar-refractivity contribution in [1.82, 2.24) is 15.3 Å². The van der Waals surface area contributed by atoms with Crippen LogP contribution < -0.4 is 14.5 Å².